The van der Waals surface area contributed by atoms with Crippen LogP contribution in [0.3, 0.4) is 0 Å². The van der Waals surface area contributed by atoms with E-state index in [1.54, 1.807) is 11.8 Å². The van der Waals surface area contributed by atoms with Crippen molar-refractivity contribution >= 4 is 17.7 Å². The van der Waals surface area contributed by atoms with E-state index in [1.807, 2.05) is 18.2 Å². The molecule has 0 aromatic heterocycles. The summed E-state index contributed by atoms with van der Waals surface area (Å²) >= 11 is 1.65. The summed E-state index contributed by atoms with van der Waals surface area (Å²) in [6, 6.07) is 10.3. The minimum atomic E-state index is -0.359. The molecule has 2 unspecified atom stereocenters. The number of aryl methyl sites for hydroxylation is 1. The van der Waals surface area contributed by atoms with Gasteiger partial charge in [0.2, 0.25) is 5.91 Å². The Labute approximate surface area is 125 Å². The molecular weight excluding hydrogens is 270 g/mol. The second-order valence-corrected chi connectivity index (χ2v) is 6.42. The zero-order valence-electron chi connectivity index (χ0n) is 11.8. The van der Waals surface area contributed by atoms with Crippen molar-refractivity contribution < 1.29 is 9.90 Å². The Balaban J connectivity index is 1.60. The van der Waals surface area contributed by atoms with Crippen molar-refractivity contribution in [1.29, 1.82) is 0 Å². The molecule has 1 saturated carbocycles. The number of aliphatic hydroxyl groups is 1. The maximum Gasteiger partial charge on any atom is 0.230 e. The topological polar surface area (TPSA) is 49.3 Å². The van der Waals surface area contributed by atoms with Crippen LogP contribution >= 0.6 is 11.8 Å². The first-order chi connectivity index (χ1) is 9.75. The standard InChI is InChI=1S/C16H23NO2S/c18-15-9-5-4-8-14(15)17-16(19)12-20-11-10-13-6-2-1-3-7-13/h1-3,6-7,14-15,18H,4-5,8-12H2,(H,17,19). The second-order valence-electron chi connectivity index (χ2n) is 5.31. The first-order valence-electron chi connectivity index (χ1n) is 7.35. The summed E-state index contributed by atoms with van der Waals surface area (Å²) in [6.07, 6.45) is 4.52. The lowest BCUT2D eigenvalue weighted by molar-refractivity contribution is -0.120. The summed E-state index contributed by atoms with van der Waals surface area (Å²) in [7, 11) is 0. The summed E-state index contributed by atoms with van der Waals surface area (Å²) < 4.78 is 0. The summed E-state index contributed by atoms with van der Waals surface area (Å²) in [4.78, 5) is 11.8. The summed E-state index contributed by atoms with van der Waals surface area (Å²) in [5, 5.41) is 12.8. The summed E-state index contributed by atoms with van der Waals surface area (Å²) in [5.41, 5.74) is 1.31. The highest BCUT2D eigenvalue weighted by Crippen LogP contribution is 2.18. The van der Waals surface area contributed by atoms with Gasteiger partial charge in [-0.2, -0.15) is 11.8 Å². The molecule has 1 aliphatic rings. The average molecular weight is 293 g/mol. The highest BCUT2D eigenvalue weighted by Gasteiger charge is 2.24. The van der Waals surface area contributed by atoms with Crippen LogP contribution in [0.25, 0.3) is 0 Å². The van der Waals surface area contributed by atoms with Gasteiger partial charge in [-0.25, -0.2) is 0 Å². The minimum Gasteiger partial charge on any atom is -0.391 e. The number of amides is 1. The number of hydrogen-bond donors (Lipinski definition) is 2. The third kappa shape index (κ3) is 5.17. The van der Waals surface area contributed by atoms with E-state index in [2.05, 4.69) is 17.4 Å². The molecule has 1 aromatic carbocycles. The lowest BCUT2D eigenvalue weighted by Gasteiger charge is -2.28. The number of thioether (sulfide) groups is 1. The Morgan fingerprint density at radius 3 is 2.75 bits per heavy atom. The van der Waals surface area contributed by atoms with Gasteiger partial charge in [0, 0.05) is 0 Å². The van der Waals surface area contributed by atoms with Gasteiger partial charge in [0.15, 0.2) is 0 Å². The molecule has 1 fully saturated rings. The molecule has 0 radical (unpaired) electrons. The number of rotatable bonds is 6. The largest absolute Gasteiger partial charge is 0.391 e. The van der Waals surface area contributed by atoms with Crippen molar-refractivity contribution in [3.63, 3.8) is 0 Å². The molecule has 0 bridgehead atoms. The van der Waals surface area contributed by atoms with Gasteiger partial charge in [0.25, 0.3) is 0 Å². The second kappa shape index (κ2) is 8.32. The number of carbonyl (C=O) groups is 1. The Morgan fingerprint density at radius 1 is 1.25 bits per heavy atom. The smallest absolute Gasteiger partial charge is 0.230 e. The first-order valence-corrected chi connectivity index (χ1v) is 8.50. The molecule has 0 heterocycles. The van der Waals surface area contributed by atoms with Gasteiger partial charge >= 0.3 is 0 Å². The van der Waals surface area contributed by atoms with Gasteiger partial charge in [-0.1, -0.05) is 43.2 Å². The maximum absolute atomic E-state index is 11.8. The third-order valence-electron chi connectivity index (χ3n) is 3.69. The number of carbonyl (C=O) groups excluding carboxylic acids is 1. The van der Waals surface area contributed by atoms with Crippen LogP contribution in [0.15, 0.2) is 30.3 Å². The fourth-order valence-corrected chi connectivity index (χ4v) is 3.32. The molecule has 3 nitrogen and oxygen atoms in total. The van der Waals surface area contributed by atoms with Crippen molar-refractivity contribution in [2.24, 2.45) is 0 Å². The molecule has 0 saturated heterocycles. The number of nitrogens with one attached hydrogen (secondary N) is 1. The molecule has 0 spiro atoms. The van der Waals surface area contributed by atoms with Crippen LogP contribution in [0, 0.1) is 0 Å². The fourth-order valence-electron chi connectivity index (χ4n) is 2.53. The highest BCUT2D eigenvalue weighted by atomic mass is 32.2. The summed E-state index contributed by atoms with van der Waals surface area (Å²) in [6.45, 7) is 0. The van der Waals surface area contributed by atoms with Crippen LogP contribution in [-0.4, -0.2) is 34.7 Å². The van der Waals surface area contributed by atoms with Crippen LogP contribution < -0.4 is 5.32 Å². The Kier molecular flexibility index (Phi) is 6.40. The lowest BCUT2D eigenvalue weighted by atomic mass is 9.93. The molecule has 20 heavy (non-hydrogen) atoms. The molecule has 1 amide bonds. The normalized spacial score (nSPS) is 22.4. The fraction of sp³-hybridized carbons (Fsp3) is 0.562. The predicted molar refractivity (Wildman–Crippen MR) is 83.9 cm³/mol. The third-order valence-corrected chi connectivity index (χ3v) is 4.65. The monoisotopic (exact) mass is 293 g/mol. The van der Waals surface area contributed by atoms with E-state index in [4.69, 9.17) is 0 Å². The molecular formula is C16H23NO2S. The van der Waals surface area contributed by atoms with Gasteiger partial charge in [0.05, 0.1) is 17.9 Å². The van der Waals surface area contributed by atoms with E-state index in [0.29, 0.717) is 5.75 Å². The van der Waals surface area contributed by atoms with Crippen molar-refractivity contribution in [3.05, 3.63) is 35.9 Å². The van der Waals surface area contributed by atoms with Gasteiger partial charge in [-0.15, -0.1) is 0 Å². The molecule has 2 rings (SSSR count). The lowest BCUT2D eigenvalue weighted by Crippen LogP contribution is -2.45. The number of benzene rings is 1. The van der Waals surface area contributed by atoms with Crippen LogP contribution in [-0.2, 0) is 11.2 Å². The van der Waals surface area contributed by atoms with Gasteiger partial charge in [-0.05, 0) is 30.6 Å². The van der Waals surface area contributed by atoms with E-state index < -0.39 is 0 Å². The zero-order chi connectivity index (χ0) is 14.2. The van der Waals surface area contributed by atoms with Crippen molar-refractivity contribution in [2.45, 2.75) is 44.2 Å². The SMILES string of the molecule is O=C(CSCCc1ccccc1)NC1CCCCC1O. The molecule has 1 aliphatic carbocycles. The Hall–Kier alpha value is -1.00. The van der Waals surface area contributed by atoms with Crippen LogP contribution in [0.1, 0.15) is 31.2 Å². The van der Waals surface area contributed by atoms with Crippen LogP contribution in [0.5, 0.6) is 0 Å². The molecule has 110 valence electrons. The van der Waals surface area contributed by atoms with Gasteiger partial charge < -0.3 is 10.4 Å². The molecule has 0 aliphatic heterocycles. The zero-order valence-corrected chi connectivity index (χ0v) is 12.6. The molecule has 2 atom stereocenters. The van der Waals surface area contributed by atoms with Crippen molar-refractivity contribution in [2.75, 3.05) is 11.5 Å². The highest BCUT2D eigenvalue weighted by molar-refractivity contribution is 7.99. The Morgan fingerprint density at radius 2 is 2.00 bits per heavy atom. The van der Waals surface area contributed by atoms with E-state index in [1.165, 1.54) is 5.56 Å². The quantitative estimate of drug-likeness (QED) is 0.792. The van der Waals surface area contributed by atoms with Crippen molar-refractivity contribution in [1.82, 2.24) is 5.32 Å². The molecule has 4 heteroatoms. The number of hydrogen-bond acceptors (Lipinski definition) is 3. The number of aliphatic hydroxyl groups excluding tert-OH is 1. The molecule has 2 N–H and O–H groups in total. The maximum atomic E-state index is 11.8. The van der Waals surface area contributed by atoms with Crippen LogP contribution in [0.2, 0.25) is 0 Å². The van der Waals surface area contributed by atoms with Gasteiger partial charge in [0.1, 0.15) is 0 Å². The van der Waals surface area contributed by atoms with Gasteiger partial charge in [-0.3, -0.25) is 4.79 Å². The van der Waals surface area contributed by atoms with Crippen LogP contribution in [0.4, 0.5) is 0 Å². The average Bonchev–Trinajstić information content (AvgIpc) is 2.47. The van der Waals surface area contributed by atoms with Crippen molar-refractivity contribution in [3.8, 4) is 0 Å². The Bertz CT molecular complexity index is 410. The first kappa shape index (κ1) is 15.4. The van der Waals surface area contributed by atoms with E-state index in [0.717, 1.165) is 37.9 Å². The molecule has 1 aromatic rings. The van der Waals surface area contributed by atoms with E-state index in [9.17, 15) is 9.90 Å². The van der Waals surface area contributed by atoms with E-state index >= 15 is 0 Å². The summed E-state index contributed by atoms with van der Waals surface area (Å²) in [5.74, 6) is 1.48. The van der Waals surface area contributed by atoms with E-state index in [-0.39, 0.29) is 18.1 Å². The minimum absolute atomic E-state index is 0.0361. The predicted octanol–water partition coefficient (Wildman–Crippen LogP) is 2.38.